The van der Waals surface area contributed by atoms with E-state index in [9.17, 15) is 0 Å². The van der Waals surface area contributed by atoms with Crippen molar-refractivity contribution in [1.82, 2.24) is 15.5 Å². The molecule has 2 heterocycles. The van der Waals surface area contributed by atoms with E-state index in [0.29, 0.717) is 12.1 Å². The highest BCUT2D eigenvalue weighted by molar-refractivity contribution is 7.10. The monoisotopic (exact) mass is 422 g/mol. The molecule has 3 rings (SSSR count). The second kappa shape index (κ2) is 12.5. The average molecular weight is 423 g/mol. The number of ether oxygens (including phenoxy) is 2. The molecule has 1 aliphatic carbocycles. The summed E-state index contributed by atoms with van der Waals surface area (Å²) in [4.78, 5) is 8.35. The average Bonchev–Trinajstić information content (AvgIpc) is 3.47. The van der Waals surface area contributed by atoms with E-state index in [1.165, 1.54) is 30.6 Å². The number of thiophene rings is 1. The second-order valence-electron chi connectivity index (χ2n) is 7.89. The van der Waals surface area contributed by atoms with E-state index in [1.54, 1.807) is 0 Å². The highest BCUT2D eigenvalue weighted by atomic mass is 32.1. The molecule has 0 amide bonds. The van der Waals surface area contributed by atoms with Crippen LogP contribution in [0.15, 0.2) is 22.5 Å². The Bertz CT molecular complexity index is 584. The predicted molar refractivity (Wildman–Crippen MR) is 121 cm³/mol. The highest BCUT2D eigenvalue weighted by Crippen LogP contribution is 2.30. The van der Waals surface area contributed by atoms with E-state index in [4.69, 9.17) is 9.47 Å². The van der Waals surface area contributed by atoms with Crippen LogP contribution in [0.1, 0.15) is 49.9 Å². The number of nitrogens with zero attached hydrogens (tertiary/aromatic N) is 2. The topological polar surface area (TPSA) is 58.1 Å². The van der Waals surface area contributed by atoms with Gasteiger partial charge in [0, 0.05) is 44.7 Å². The fourth-order valence-electron chi connectivity index (χ4n) is 4.52. The minimum Gasteiger partial charge on any atom is -0.379 e. The van der Waals surface area contributed by atoms with Gasteiger partial charge in [0.15, 0.2) is 5.96 Å². The van der Waals surface area contributed by atoms with Crippen molar-refractivity contribution in [2.45, 2.75) is 51.2 Å². The second-order valence-corrected chi connectivity index (χ2v) is 8.87. The molecule has 0 radical (unpaired) electrons. The summed E-state index contributed by atoms with van der Waals surface area (Å²) in [5, 5.41) is 9.22. The van der Waals surface area contributed by atoms with Crippen molar-refractivity contribution in [2.75, 3.05) is 53.0 Å². The van der Waals surface area contributed by atoms with Crippen molar-refractivity contribution in [3.8, 4) is 0 Å². The quantitative estimate of drug-likeness (QED) is 0.448. The molecular weight excluding hydrogens is 384 g/mol. The number of aliphatic imine (C=N–C) groups is 1. The molecule has 0 bridgehead atoms. The van der Waals surface area contributed by atoms with Gasteiger partial charge in [0.25, 0.3) is 0 Å². The lowest BCUT2D eigenvalue weighted by Crippen LogP contribution is -2.46. The van der Waals surface area contributed by atoms with Gasteiger partial charge in [-0.3, -0.25) is 9.89 Å². The Kier molecular flexibility index (Phi) is 9.73. The largest absolute Gasteiger partial charge is 0.379 e. The lowest BCUT2D eigenvalue weighted by molar-refractivity contribution is 0.0166. The van der Waals surface area contributed by atoms with Gasteiger partial charge in [-0.25, -0.2) is 0 Å². The van der Waals surface area contributed by atoms with Crippen molar-refractivity contribution in [1.29, 1.82) is 0 Å². The lowest BCUT2D eigenvalue weighted by atomic mass is 9.98. The van der Waals surface area contributed by atoms with Crippen LogP contribution in [-0.2, 0) is 9.47 Å². The smallest absolute Gasteiger partial charge is 0.191 e. The Balaban J connectivity index is 1.47. The minimum absolute atomic E-state index is 0.354. The molecule has 0 aromatic carbocycles. The van der Waals surface area contributed by atoms with Crippen LogP contribution in [0, 0.1) is 5.92 Å². The van der Waals surface area contributed by atoms with Crippen LogP contribution in [0.3, 0.4) is 0 Å². The molecule has 2 aliphatic rings. The molecule has 2 atom stereocenters. The molecule has 1 aromatic rings. The summed E-state index contributed by atoms with van der Waals surface area (Å²) in [6, 6.07) is 4.72. The van der Waals surface area contributed by atoms with Crippen molar-refractivity contribution >= 4 is 17.3 Å². The zero-order valence-corrected chi connectivity index (χ0v) is 18.9. The normalized spacial score (nSPS) is 21.2. The first kappa shape index (κ1) is 22.5. The summed E-state index contributed by atoms with van der Waals surface area (Å²) in [6.45, 7) is 8.23. The summed E-state index contributed by atoms with van der Waals surface area (Å²) in [5.41, 5.74) is 0. The molecule has 6 nitrogen and oxygen atoms in total. The van der Waals surface area contributed by atoms with Crippen molar-refractivity contribution < 1.29 is 9.47 Å². The maximum absolute atomic E-state index is 6.05. The highest BCUT2D eigenvalue weighted by Gasteiger charge is 2.26. The Morgan fingerprint density at radius 2 is 2.10 bits per heavy atom. The number of rotatable bonds is 10. The molecular formula is C22H38N4O2S. The van der Waals surface area contributed by atoms with E-state index >= 15 is 0 Å². The number of morpholine rings is 1. The Morgan fingerprint density at radius 3 is 2.76 bits per heavy atom. The third-order valence-electron chi connectivity index (χ3n) is 6.07. The van der Waals surface area contributed by atoms with Gasteiger partial charge in [-0.2, -0.15) is 0 Å². The number of guanidine groups is 1. The third kappa shape index (κ3) is 6.95. The molecule has 1 saturated heterocycles. The molecule has 1 aliphatic heterocycles. The van der Waals surface area contributed by atoms with Crippen molar-refractivity contribution in [2.24, 2.45) is 10.9 Å². The van der Waals surface area contributed by atoms with Gasteiger partial charge in [0.2, 0.25) is 0 Å². The van der Waals surface area contributed by atoms with E-state index in [1.807, 2.05) is 18.4 Å². The van der Waals surface area contributed by atoms with E-state index in [0.717, 1.165) is 64.3 Å². The zero-order valence-electron chi connectivity index (χ0n) is 18.1. The van der Waals surface area contributed by atoms with Gasteiger partial charge >= 0.3 is 0 Å². The number of hydrogen-bond donors (Lipinski definition) is 2. The van der Waals surface area contributed by atoms with Gasteiger partial charge in [-0.1, -0.05) is 18.9 Å². The van der Waals surface area contributed by atoms with Gasteiger partial charge in [-0.15, -0.1) is 11.3 Å². The number of hydrogen-bond acceptors (Lipinski definition) is 5. The van der Waals surface area contributed by atoms with Gasteiger partial charge in [0.05, 0.1) is 25.4 Å². The first-order chi connectivity index (χ1) is 14.3. The van der Waals surface area contributed by atoms with Gasteiger partial charge in [0.1, 0.15) is 0 Å². The van der Waals surface area contributed by atoms with Crippen LogP contribution in [-0.4, -0.2) is 70.0 Å². The van der Waals surface area contributed by atoms with Crippen molar-refractivity contribution in [3.05, 3.63) is 22.4 Å². The van der Waals surface area contributed by atoms with Crippen LogP contribution >= 0.6 is 11.3 Å². The molecule has 1 aromatic heterocycles. The maximum Gasteiger partial charge on any atom is 0.191 e. The zero-order chi connectivity index (χ0) is 20.3. The summed E-state index contributed by atoms with van der Waals surface area (Å²) in [6.07, 6.45) is 6.77. The van der Waals surface area contributed by atoms with E-state index in [-0.39, 0.29) is 0 Å². The van der Waals surface area contributed by atoms with Gasteiger partial charge < -0.3 is 20.1 Å². The molecule has 2 fully saturated rings. The Labute approximate surface area is 180 Å². The van der Waals surface area contributed by atoms with Crippen LogP contribution < -0.4 is 10.6 Å². The summed E-state index contributed by atoms with van der Waals surface area (Å²) < 4.78 is 11.6. The molecule has 164 valence electrons. The molecule has 2 unspecified atom stereocenters. The molecule has 29 heavy (non-hydrogen) atoms. The third-order valence-corrected chi connectivity index (χ3v) is 7.05. The lowest BCUT2D eigenvalue weighted by Gasteiger charge is -2.34. The summed E-state index contributed by atoms with van der Waals surface area (Å²) >= 11 is 1.83. The fourth-order valence-corrected chi connectivity index (χ4v) is 5.39. The van der Waals surface area contributed by atoms with E-state index in [2.05, 4.69) is 45.0 Å². The standard InChI is InChI=1S/C22H38N4O2S/c1-3-28-20(18-7-4-5-8-18)10-11-24-22(23-2)25-17-19(21-9-6-16-29-21)26-12-14-27-15-13-26/h6,9,16,18-20H,3-5,7-8,10-15,17H2,1-2H3,(H2,23,24,25). The maximum atomic E-state index is 6.05. The SMILES string of the molecule is CCOC(CCNC(=NC)NCC(c1cccs1)N1CCOCC1)C1CCCC1. The predicted octanol–water partition coefficient (Wildman–Crippen LogP) is 3.27. The molecule has 7 heteroatoms. The Hall–Kier alpha value is -1.15. The fraction of sp³-hybridized carbons (Fsp3) is 0.773. The van der Waals surface area contributed by atoms with Crippen LogP contribution in [0.2, 0.25) is 0 Å². The Morgan fingerprint density at radius 1 is 1.31 bits per heavy atom. The molecule has 1 saturated carbocycles. The van der Waals surface area contributed by atoms with Crippen LogP contribution in [0.4, 0.5) is 0 Å². The first-order valence-electron chi connectivity index (χ1n) is 11.2. The number of nitrogens with one attached hydrogen (secondary N) is 2. The minimum atomic E-state index is 0.354. The van der Waals surface area contributed by atoms with E-state index < -0.39 is 0 Å². The van der Waals surface area contributed by atoms with Crippen LogP contribution in [0.25, 0.3) is 0 Å². The summed E-state index contributed by atoms with van der Waals surface area (Å²) in [5.74, 6) is 1.61. The first-order valence-corrected chi connectivity index (χ1v) is 12.1. The van der Waals surface area contributed by atoms with Crippen LogP contribution in [0.5, 0.6) is 0 Å². The van der Waals surface area contributed by atoms with Gasteiger partial charge in [-0.05, 0) is 43.6 Å². The van der Waals surface area contributed by atoms with Crippen molar-refractivity contribution in [3.63, 3.8) is 0 Å². The summed E-state index contributed by atoms with van der Waals surface area (Å²) in [7, 11) is 1.85. The molecule has 2 N–H and O–H groups in total. The molecule has 0 spiro atoms.